The molecular formula is C24H30. The predicted molar refractivity (Wildman–Crippen MR) is 107 cm³/mol. The van der Waals surface area contributed by atoms with E-state index in [-0.39, 0.29) is 5.41 Å². The number of aryl methyl sites for hydroxylation is 2. The fourth-order valence-electron chi connectivity index (χ4n) is 3.26. The third kappa shape index (κ3) is 3.53. The first-order chi connectivity index (χ1) is 11.3. The Balaban J connectivity index is 2.56. The second-order valence-corrected chi connectivity index (χ2v) is 7.33. The van der Waals surface area contributed by atoms with E-state index < -0.39 is 0 Å². The van der Waals surface area contributed by atoms with Crippen molar-refractivity contribution in [2.45, 2.75) is 52.9 Å². The second kappa shape index (κ2) is 7.21. The molecule has 0 saturated carbocycles. The fraction of sp³-hybridized carbons (Fsp3) is 0.333. The molecule has 0 nitrogen and oxygen atoms in total. The van der Waals surface area contributed by atoms with Crippen molar-refractivity contribution in [3.8, 4) is 0 Å². The summed E-state index contributed by atoms with van der Waals surface area (Å²) < 4.78 is 0. The monoisotopic (exact) mass is 318 g/mol. The molecule has 0 heteroatoms. The van der Waals surface area contributed by atoms with Gasteiger partial charge in [-0.25, -0.2) is 0 Å². The van der Waals surface area contributed by atoms with Gasteiger partial charge in [0.2, 0.25) is 0 Å². The first-order valence-electron chi connectivity index (χ1n) is 8.73. The first-order valence-corrected chi connectivity index (χ1v) is 8.73. The van der Waals surface area contributed by atoms with Crippen LogP contribution in [0.2, 0.25) is 0 Å². The molecule has 0 aliphatic carbocycles. The second-order valence-electron chi connectivity index (χ2n) is 7.33. The molecule has 0 atom stereocenters. The molecule has 0 fully saturated rings. The molecule has 0 amide bonds. The normalized spacial score (nSPS) is 11.4. The molecule has 0 unspecified atom stereocenters. The van der Waals surface area contributed by atoms with Crippen molar-refractivity contribution >= 4 is 0 Å². The van der Waals surface area contributed by atoms with Gasteiger partial charge in [0.1, 0.15) is 0 Å². The summed E-state index contributed by atoms with van der Waals surface area (Å²) in [5.41, 5.74) is 9.52. The third-order valence-electron chi connectivity index (χ3n) is 5.30. The molecule has 0 aliphatic heterocycles. The van der Waals surface area contributed by atoms with E-state index in [2.05, 4.69) is 78.1 Å². The minimum Gasteiger partial charge on any atom is -0.103 e. The van der Waals surface area contributed by atoms with Crippen molar-refractivity contribution in [3.63, 3.8) is 0 Å². The standard InChI is InChI=1S/C24H30/c1-8-10-20-15-22(13-12-17(20)3)24(6,7)23-14-18(4)19(5)21(16-23)11-9-2/h8-9,12-16H,1-2,10-11H2,3-7H3. The number of hydrogen-bond acceptors (Lipinski definition) is 0. The van der Waals surface area contributed by atoms with Gasteiger partial charge in [-0.1, -0.05) is 56.3 Å². The van der Waals surface area contributed by atoms with Crippen LogP contribution < -0.4 is 0 Å². The SMILES string of the molecule is C=CCc1cc(C(C)(C)c2cc(C)c(C)c(CC=C)c2)ccc1C. The molecule has 0 aliphatic rings. The Morgan fingerprint density at radius 3 is 2.00 bits per heavy atom. The van der Waals surface area contributed by atoms with E-state index in [1.165, 1.54) is 38.9 Å². The maximum absolute atomic E-state index is 3.91. The highest BCUT2D eigenvalue weighted by molar-refractivity contribution is 5.47. The van der Waals surface area contributed by atoms with E-state index in [9.17, 15) is 0 Å². The van der Waals surface area contributed by atoms with E-state index in [4.69, 9.17) is 0 Å². The van der Waals surface area contributed by atoms with Gasteiger partial charge in [0.25, 0.3) is 0 Å². The van der Waals surface area contributed by atoms with Crippen LogP contribution >= 0.6 is 0 Å². The molecule has 0 saturated heterocycles. The zero-order valence-electron chi connectivity index (χ0n) is 15.9. The van der Waals surface area contributed by atoms with E-state index in [1.807, 2.05) is 12.2 Å². The van der Waals surface area contributed by atoms with Gasteiger partial charge < -0.3 is 0 Å². The highest BCUT2D eigenvalue weighted by Gasteiger charge is 2.25. The zero-order chi connectivity index (χ0) is 17.9. The van der Waals surface area contributed by atoms with E-state index in [0.29, 0.717) is 0 Å². The lowest BCUT2D eigenvalue weighted by atomic mass is 9.75. The van der Waals surface area contributed by atoms with Gasteiger partial charge in [0.15, 0.2) is 0 Å². The van der Waals surface area contributed by atoms with Crippen LogP contribution in [0.15, 0.2) is 55.6 Å². The van der Waals surface area contributed by atoms with Gasteiger partial charge in [-0.05, 0) is 72.6 Å². The number of benzene rings is 2. The minimum atomic E-state index is -0.0298. The van der Waals surface area contributed by atoms with Gasteiger partial charge in [0, 0.05) is 5.41 Å². The average molecular weight is 319 g/mol. The van der Waals surface area contributed by atoms with Crippen molar-refractivity contribution in [3.05, 3.63) is 94.6 Å². The highest BCUT2D eigenvalue weighted by Crippen LogP contribution is 2.35. The quantitative estimate of drug-likeness (QED) is 0.541. The molecule has 0 heterocycles. The van der Waals surface area contributed by atoms with E-state index in [1.54, 1.807) is 0 Å². The van der Waals surface area contributed by atoms with Crippen LogP contribution in [0.3, 0.4) is 0 Å². The van der Waals surface area contributed by atoms with Gasteiger partial charge in [-0.15, -0.1) is 13.2 Å². The summed E-state index contributed by atoms with van der Waals surface area (Å²) in [7, 11) is 0. The summed E-state index contributed by atoms with van der Waals surface area (Å²) >= 11 is 0. The van der Waals surface area contributed by atoms with Crippen LogP contribution in [-0.4, -0.2) is 0 Å². The summed E-state index contributed by atoms with van der Waals surface area (Å²) in [5.74, 6) is 0. The molecular weight excluding hydrogens is 288 g/mol. The van der Waals surface area contributed by atoms with Crippen LogP contribution in [0.1, 0.15) is 52.8 Å². The van der Waals surface area contributed by atoms with Crippen molar-refractivity contribution in [2.75, 3.05) is 0 Å². The predicted octanol–water partition coefficient (Wildman–Crippen LogP) is 6.39. The molecule has 2 rings (SSSR count). The van der Waals surface area contributed by atoms with Crippen LogP contribution in [0.5, 0.6) is 0 Å². The van der Waals surface area contributed by atoms with Crippen molar-refractivity contribution in [1.29, 1.82) is 0 Å². The minimum absolute atomic E-state index is 0.0298. The summed E-state index contributed by atoms with van der Waals surface area (Å²) in [5, 5.41) is 0. The van der Waals surface area contributed by atoms with Gasteiger partial charge in [-0.2, -0.15) is 0 Å². The Morgan fingerprint density at radius 2 is 1.38 bits per heavy atom. The van der Waals surface area contributed by atoms with Crippen LogP contribution in [0.25, 0.3) is 0 Å². The first kappa shape index (κ1) is 18.3. The van der Waals surface area contributed by atoms with Crippen LogP contribution in [0, 0.1) is 20.8 Å². The Kier molecular flexibility index (Phi) is 5.49. The molecule has 2 aromatic rings. The summed E-state index contributed by atoms with van der Waals surface area (Å²) in [6.45, 7) is 19.0. The average Bonchev–Trinajstić information content (AvgIpc) is 2.53. The Morgan fingerprint density at radius 1 is 0.792 bits per heavy atom. The molecule has 2 aromatic carbocycles. The van der Waals surface area contributed by atoms with Crippen molar-refractivity contribution < 1.29 is 0 Å². The number of allylic oxidation sites excluding steroid dienone is 2. The molecule has 0 spiro atoms. The Hall–Kier alpha value is -2.08. The third-order valence-corrected chi connectivity index (χ3v) is 5.30. The lowest BCUT2D eigenvalue weighted by Crippen LogP contribution is -2.20. The molecule has 126 valence electrons. The highest BCUT2D eigenvalue weighted by atomic mass is 14.3. The molecule has 0 radical (unpaired) electrons. The largest absolute Gasteiger partial charge is 0.103 e. The van der Waals surface area contributed by atoms with Crippen molar-refractivity contribution in [2.24, 2.45) is 0 Å². The number of hydrogen-bond donors (Lipinski definition) is 0. The van der Waals surface area contributed by atoms with Crippen molar-refractivity contribution in [1.82, 2.24) is 0 Å². The topological polar surface area (TPSA) is 0 Å². The van der Waals surface area contributed by atoms with Gasteiger partial charge in [0.05, 0.1) is 0 Å². The molecule has 0 aromatic heterocycles. The van der Waals surface area contributed by atoms with Gasteiger partial charge in [-0.3, -0.25) is 0 Å². The summed E-state index contributed by atoms with van der Waals surface area (Å²) in [6, 6.07) is 11.6. The lowest BCUT2D eigenvalue weighted by Gasteiger charge is -2.29. The molecule has 0 bridgehead atoms. The van der Waals surface area contributed by atoms with Crippen LogP contribution in [0.4, 0.5) is 0 Å². The fourth-order valence-corrected chi connectivity index (χ4v) is 3.26. The smallest absolute Gasteiger partial charge is 0.0146 e. The van der Waals surface area contributed by atoms with E-state index >= 15 is 0 Å². The lowest BCUT2D eigenvalue weighted by molar-refractivity contribution is 0.637. The maximum atomic E-state index is 3.91. The summed E-state index contributed by atoms with van der Waals surface area (Å²) in [4.78, 5) is 0. The van der Waals surface area contributed by atoms with Gasteiger partial charge >= 0.3 is 0 Å². The molecule has 0 N–H and O–H groups in total. The Bertz CT molecular complexity index is 760. The zero-order valence-corrected chi connectivity index (χ0v) is 15.9. The Labute approximate surface area is 147 Å². The summed E-state index contributed by atoms with van der Waals surface area (Å²) in [6.07, 6.45) is 5.82. The van der Waals surface area contributed by atoms with Crippen LogP contribution in [-0.2, 0) is 18.3 Å². The maximum Gasteiger partial charge on any atom is 0.0146 e. The molecule has 24 heavy (non-hydrogen) atoms. The van der Waals surface area contributed by atoms with E-state index in [0.717, 1.165) is 12.8 Å². The number of rotatable bonds is 6.